The van der Waals surface area contributed by atoms with E-state index in [1.165, 1.54) is 18.0 Å². The Hall–Kier alpha value is -1.65. The fourth-order valence-corrected chi connectivity index (χ4v) is 0.655. The van der Waals surface area contributed by atoms with Crippen LogP contribution in [-0.4, -0.2) is 32.2 Å². The summed E-state index contributed by atoms with van der Waals surface area (Å²) in [6, 6.07) is 2.79. The molecule has 1 aliphatic rings. The van der Waals surface area contributed by atoms with Gasteiger partial charge in [-0.05, 0) is 0 Å². The number of hydrogen-bond donors (Lipinski definition) is 1. The van der Waals surface area contributed by atoms with Crippen LogP contribution in [0.3, 0.4) is 0 Å². The smallest absolute Gasteiger partial charge is 0.148 e. The number of nitriles is 2. The third-order valence-corrected chi connectivity index (χ3v) is 1.27. The van der Waals surface area contributed by atoms with Crippen LogP contribution in [0.15, 0.2) is 5.57 Å². The molecule has 1 aliphatic heterocycles. The molecule has 1 heterocycles. The monoisotopic (exact) mass is 178 g/mol. The minimum absolute atomic E-state index is 0.403. The van der Waals surface area contributed by atoms with Crippen molar-refractivity contribution in [2.24, 2.45) is 0 Å². The summed E-state index contributed by atoms with van der Waals surface area (Å²) in [5.41, 5.74) is -0.403. The standard InChI is InChI=1S/C4N3.C4H9NO/c5-1-4(2-6)3-7;1-3-6-4-2-5-1/h;5H,1-4H2/q-1;/p+1. The average Bonchev–Trinajstić information content (AvgIpc) is 2.24. The van der Waals surface area contributed by atoms with Crippen LogP contribution in [0, 0.1) is 22.7 Å². The van der Waals surface area contributed by atoms with Crippen molar-refractivity contribution >= 4 is 5.87 Å². The van der Waals surface area contributed by atoms with Crippen LogP contribution in [-0.2, 0) is 4.74 Å². The van der Waals surface area contributed by atoms with E-state index in [1.807, 2.05) is 0 Å². The highest BCUT2D eigenvalue weighted by Gasteiger charge is 1.96. The number of allylic oxidation sites excluding steroid dienone is 1. The molecule has 0 bridgehead atoms. The molecule has 2 N–H and O–H groups in total. The Labute approximate surface area is 76.7 Å². The molecule has 5 nitrogen and oxygen atoms in total. The lowest BCUT2D eigenvalue weighted by Crippen LogP contribution is -2.87. The Bertz CT molecular complexity index is 235. The van der Waals surface area contributed by atoms with Crippen molar-refractivity contribution in [3.05, 3.63) is 11.0 Å². The first-order chi connectivity index (χ1) is 6.35. The number of nitrogens with zero attached hydrogens (tertiary/aromatic N) is 3. The number of hydrogen-bond acceptors (Lipinski definition) is 3. The topological polar surface area (TPSA) is 95.7 Å². The Balaban J connectivity index is 0.000000223. The first-order valence-electron chi connectivity index (χ1n) is 3.81. The first-order valence-corrected chi connectivity index (χ1v) is 3.81. The molecule has 0 aromatic heterocycles. The number of rotatable bonds is 0. The van der Waals surface area contributed by atoms with Gasteiger partial charge >= 0.3 is 0 Å². The number of nitrogens with two attached hydrogens (primary N) is 1. The molecule has 0 radical (unpaired) electrons. The Morgan fingerprint density at radius 1 is 1.23 bits per heavy atom. The normalized spacial score (nSPS) is 13.7. The van der Waals surface area contributed by atoms with Gasteiger partial charge in [-0.15, -0.1) is 0 Å². The third-order valence-electron chi connectivity index (χ3n) is 1.27. The van der Waals surface area contributed by atoms with Crippen LogP contribution in [0.25, 0.3) is 5.41 Å². The lowest BCUT2D eigenvalue weighted by Gasteiger charge is -2.07. The molecule has 1 rings (SSSR count). The van der Waals surface area contributed by atoms with Gasteiger partial charge < -0.3 is 15.5 Å². The average molecular weight is 178 g/mol. The zero-order chi connectivity index (χ0) is 9.94. The molecule has 0 aromatic rings. The molecule has 5 heteroatoms. The van der Waals surface area contributed by atoms with Crippen LogP contribution in [0.5, 0.6) is 0 Å². The van der Waals surface area contributed by atoms with E-state index in [1.54, 1.807) is 0 Å². The van der Waals surface area contributed by atoms with Gasteiger partial charge in [0.05, 0.1) is 26.3 Å². The van der Waals surface area contributed by atoms with Crippen molar-refractivity contribution in [1.29, 1.82) is 10.5 Å². The van der Waals surface area contributed by atoms with E-state index in [0.717, 1.165) is 26.3 Å². The molecule has 0 saturated carbocycles. The molecule has 0 aromatic carbocycles. The van der Waals surface area contributed by atoms with Gasteiger partial charge in [-0.1, -0.05) is 0 Å². The SMILES string of the molecule is C1COCC[NH2+]1.N#CC(=C=[N-])C#N. The van der Waals surface area contributed by atoms with Gasteiger partial charge in [0.15, 0.2) is 0 Å². The highest BCUT2D eigenvalue weighted by molar-refractivity contribution is 5.71. The second-order valence-corrected chi connectivity index (χ2v) is 2.19. The maximum atomic E-state index is 7.79. The van der Waals surface area contributed by atoms with Crippen LogP contribution < -0.4 is 5.32 Å². The minimum Gasteiger partial charge on any atom is -0.762 e. The predicted octanol–water partition coefficient (Wildman–Crippen LogP) is -1.22. The van der Waals surface area contributed by atoms with Crippen LogP contribution in [0.1, 0.15) is 0 Å². The maximum Gasteiger partial charge on any atom is 0.148 e. The maximum absolute atomic E-state index is 7.79. The number of ether oxygens (including phenoxy) is 1. The third kappa shape index (κ3) is 6.74. The van der Waals surface area contributed by atoms with Crippen LogP contribution in [0.4, 0.5) is 0 Å². The highest BCUT2D eigenvalue weighted by atomic mass is 16.5. The van der Waals surface area contributed by atoms with E-state index >= 15 is 0 Å². The van der Waals surface area contributed by atoms with Crippen molar-refractivity contribution < 1.29 is 10.1 Å². The van der Waals surface area contributed by atoms with Crippen molar-refractivity contribution in [2.75, 3.05) is 26.3 Å². The van der Waals surface area contributed by atoms with E-state index in [9.17, 15) is 0 Å². The summed E-state index contributed by atoms with van der Waals surface area (Å²) in [6.07, 6.45) is 0. The molecular formula is C8H10N4O. The highest BCUT2D eigenvalue weighted by Crippen LogP contribution is 1.75. The Morgan fingerprint density at radius 2 is 1.77 bits per heavy atom. The fourth-order valence-electron chi connectivity index (χ4n) is 0.655. The summed E-state index contributed by atoms with van der Waals surface area (Å²) in [6.45, 7) is 4.19. The molecule has 0 aliphatic carbocycles. The van der Waals surface area contributed by atoms with Gasteiger partial charge in [-0.25, -0.2) is 5.87 Å². The van der Waals surface area contributed by atoms with Crippen molar-refractivity contribution in [2.45, 2.75) is 0 Å². The van der Waals surface area contributed by atoms with Crippen LogP contribution >= 0.6 is 0 Å². The predicted molar refractivity (Wildman–Crippen MR) is 45.6 cm³/mol. The zero-order valence-electron chi connectivity index (χ0n) is 7.16. The lowest BCUT2D eigenvalue weighted by atomic mass is 10.4. The molecule has 13 heavy (non-hydrogen) atoms. The summed E-state index contributed by atoms with van der Waals surface area (Å²) in [4.78, 5) is 0. The quantitative estimate of drug-likeness (QED) is 0.372. The summed E-state index contributed by atoms with van der Waals surface area (Å²) < 4.78 is 5.04. The molecule has 0 amide bonds. The Kier molecular flexibility index (Phi) is 7.37. The van der Waals surface area contributed by atoms with E-state index in [4.69, 9.17) is 20.7 Å². The van der Waals surface area contributed by atoms with Gasteiger partial charge in [0.25, 0.3) is 0 Å². The second kappa shape index (κ2) is 8.45. The largest absolute Gasteiger partial charge is 0.762 e. The van der Waals surface area contributed by atoms with E-state index in [2.05, 4.69) is 5.32 Å². The van der Waals surface area contributed by atoms with E-state index in [-0.39, 0.29) is 0 Å². The summed E-state index contributed by atoms with van der Waals surface area (Å²) >= 11 is 0. The van der Waals surface area contributed by atoms with Gasteiger partial charge in [0.2, 0.25) is 0 Å². The number of morpholine rings is 1. The van der Waals surface area contributed by atoms with Gasteiger partial charge in [0, 0.05) is 0 Å². The van der Waals surface area contributed by atoms with Gasteiger partial charge in [-0.3, -0.25) is 0 Å². The molecule has 0 spiro atoms. The lowest BCUT2D eigenvalue weighted by molar-refractivity contribution is -0.670. The summed E-state index contributed by atoms with van der Waals surface area (Å²) in [7, 11) is 0. The summed E-state index contributed by atoms with van der Waals surface area (Å²) in [5, 5.41) is 25.6. The molecule has 0 atom stereocenters. The first kappa shape index (κ1) is 11.4. The second-order valence-electron chi connectivity index (χ2n) is 2.19. The minimum atomic E-state index is -0.403. The molecular weight excluding hydrogens is 168 g/mol. The molecule has 1 saturated heterocycles. The van der Waals surface area contributed by atoms with E-state index < -0.39 is 5.57 Å². The molecule has 1 fully saturated rings. The zero-order valence-corrected chi connectivity index (χ0v) is 7.16. The summed E-state index contributed by atoms with van der Waals surface area (Å²) in [5.74, 6) is 1.40. The molecule has 0 unspecified atom stereocenters. The van der Waals surface area contributed by atoms with Crippen molar-refractivity contribution in [3.63, 3.8) is 0 Å². The van der Waals surface area contributed by atoms with E-state index in [0.29, 0.717) is 0 Å². The van der Waals surface area contributed by atoms with Gasteiger partial charge in [0.1, 0.15) is 17.7 Å². The Morgan fingerprint density at radius 3 is 1.85 bits per heavy atom. The van der Waals surface area contributed by atoms with Crippen molar-refractivity contribution in [3.8, 4) is 12.1 Å². The number of quaternary nitrogens is 1. The molecule has 68 valence electrons. The van der Waals surface area contributed by atoms with Crippen LogP contribution in [0.2, 0.25) is 0 Å². The fraction of sp³-hybridized carbons (Fsp3) is 0.500. The van der Waals surface area contributed by atoms with Crippen molar-refractivity contribution in [1.82, 2.24) is 0 Å². The van der Waals surface area contributed by atoms with Gasteiger partial charge in [-0.2, -0.15) is 10.5 Å².